The predicted octanol–water partition coefficient (Wildman–Crippen LogP) is 3.91. The molecular weight excluding hydrogens is 236 g/mol. The summed E-state index contributed by atoms with van der Waals surface area (Å²) in [5, 5.41) is 13.0. The quantitative estimate of drug-likeness (QED) is 0.870. The fourth-order valence-corrected chi connectivity index (χ4v) is 3.68. The zero-order chi connectivity index (χ0) is 11.4. The van der Waals surface area contributed by atoms with Gasteiger partial charge in [0.2, 0.25) is 0 Å². The summed E-state index contributed by atoms with van der Waals surface area (Å²) < 4.78 is 1.37. The van der Waals surface area contributed by atoms with Crippen molar-refractivity contribution in [3.05, 3.63) is 35.2 Å². The monoisotopic (exact) mass is 252 g/mol. The molecule has 1 heterocycles. The van der Waals surface area contributed by atoms with Gasteiger partial charge >= 0.3 is 0 Å². The van der Waals surface area contributed by atoms with Crippen LogP contribution in [0.15, 0.2) is 29.6 Å². The van der Waals surface area contributed by atoms with Gasteiger partial charge in [-0.3, -0.25) is 0 Å². The zero-order valence-electron chi connectivity index (χ0n) is 9.35. The molecule has 2 aromatic rings. The van der Waals surface area contributed by atoms with E-state index in [1.54, 1.807) is 0 Å². The molecule has 0 fully saturated rings. The molecule has 0 aliphatic heterocycles. The SMILES string of the molecule is CC(CCO)SCc1csc2ccccc12. The standard InChI is InChI=1S/C13H16OS2/c1-10(6-7-14)15-8-11-9-16-13-5-3-2-4-12(11)13/h2-5,9-10,14H,6-8H2,1H3. The normalized spacial score (nSPS) is 13.1. The first-order chi connectivity index (χ1) is 7.81. The molecule has 1 aromatic carbocycles. The Labute approximate surface area is 104 Å². The van der Waals surface area contributed by atoms with E-state index in [0.29, 0.717) is 11.9 Å². The van der Waals surface area contributed by atoms with Crippen LogP contribution in [0.4, 0.5) is 0 Å². The van der Waals surface area contributed by atoms with Crippen LogP contribution in [-0.4, -0.2) is 17.0 Å². The van der Waals surface area contributed by atoms with E-state index < -0.39 is 0 Å². The highest BCUT2D eigenvalue weighted by atomic mass is 32.2. The molecule has 1 nitrogen and oxygen atoms in total. The van der Waals surface area contributed by atoms with Crippen LogP contribution in [0, 0.1) is 0 Å². The molecule has 2 rings (SSSR count). The first-order valence-corrected chi connectivity index (χ1v) is 7.41. The average molecular weight is 252 g/mol. The maximum absolute atomic E-state index is 8.85. The summed E-state index contributed by atoms with van der Waals surface area (Å²) in [4.78, 5) is 0. The van der Waals surface area contributed by atoms with E-state index in [4.69, 9.17) is 5.11 Å². The van der Waals surface area contributed by atoms with Crippen molar-refractivity contribution in [2.24, 2.45) is 0 Å². The van der Waals surface area contributed by atoms with E-state index in [1.807, 2.05) is 23.1 Å². The second kappa shape index (κ2) is 5.71. The number of rotatable bonds is 5. The van der Waals surface area contributed by atoms with Gasteiger partial charge in [-0.1, -0.05) is 25.1 Å². The van der Waals surface area contributed by atoms with Crippen molar-refractivity contribution >= 4 is 33.2 Å². The van der Waals surface area contributed by atoms with Gasteiger partial charge in [0, 0.05) is 22.3 Å². The maximum Gasteiger partial charge on any atom is 0.0441 e. The molecule has 1 atom stereocenters. The lowest BCUT2D eigenvalue weighted by Gasteiger charge is -2.08. The molecule has 1 aromatic heterocycles. The molecule has 1 N–H and O–H groups in total. The minimum atomic E-state index is 0.290. The minimum absolute atomic E-state index is 0.290. The molecule has 0 radical (unpaired) electrons. The Hall–Kier alpha value is -0.510. The van der Waals surface area contributed by atoms with Crippen LogP contribution >= 0.6 is 23.1 Å². The van der Waals surface area contributed by atoms with E-state index in [0.717, 1.165) is 12.2 Å². The first kappa shape index (κ1) is 12.0. The van der Waals surface area contributed by atoms with Crippen molar-refractivity contribution in [2.45, 2.75) is 24.3 Å². The summed E-state index contributed by atoms with van der Waals surface area (Å²) in [7, 11) is 0. The predicted molar refractivity (Wildman–Crippen MR) is 74.3 cm³/mol. The second-order valence-corrected chi connectivity index (χ2v) is 6.23. The maximum atomic E-state index is 8.85. The van der Waals surface area contributed by atoms with Crippen LogP contribution in [0.1, 0.15) is 18.9 Å². The molecule has 0 amide bonds. The van der Waals surface area contributed by atoms with Gasteiger partial charge in [0.1, 0.15) is 0 Å². The van der Waals surface area contributed by atoms with Crippen molar-refractivity contribution in [3.8, 4) is 0 Å². The zero-order valence-corrected chi connectivity index (χ0v) is 11.0. The molecule has 1 unspecified atom stereocenters. The molecule has 0 bridgehead atoms. The van der Waals surface area contributed by atoms with E-state index in [9.17, 15) is 0 Å². The third-order valence-corrected chi connectivity index (χ3v) is 4.91. The summed E-state index contributed by atoms with van der Waals surface area (Å²) >= 11 is 3.74. The third kappa shape index (κ3) is 2.78. The van der Waals surface area contributed by atoms with Crippen molar-refractivity contribution in [1.82, 2.24) is 0 Å². The van der Waals surface area contributed by atoms with Crippen LogP contribution < -0.4 is 0 Å². The molecule has 0 spiro atoms. The highest BCUT2D eigenvalue weighted by Gasteiger charge is 2.06. The summed E-state index contributed by atoms with van der Waals surface area (Å²) in [6, 6.07) is 8.55. The Morgan fingerprint density at radius 1 is 1.38 bits per heavy atom. The van der Waals surface area contributed by atoms with Gasteiger partial charge in [-0.15, -0.1) is 11.3 Å². The molecule has 0 aliphatic carbocycles. The highest BCUT2D eigenvalue weighted by Crippen LogP contribution is 2.30. The van der Waals surface area contributed by atoms with Crippen molar-refractivity contribution in [2.75, 3.05) is 6.61 Å². The van der Waals surface area contributed by atoms with E-state index >= 15 is 0 Å². The number of benzene rings is 1. The molecule has 0 saturated heterocycles. The minimum Gasteiger partial charge on any atom is -0.396 e. The van der Waals surface area contributed by atoms with Gasteiger partial charge < -0.3 is 5.11 Å². The molecule has 3 heteroatoms. The lowest BCUT2D eigenvalue weighted by atomic mass is 10.2. The van der Waals surface area contributed by atoms with Gasteiger partial charge in [0.15, 0.2) is 0 Å². The number of aliphatic hydroxyl groups is 1. The fourth-order valence-electron chi connectivity index (χ4n) is 1.64. The lowest BCUT2D eigenvalue weighted by Crippen LogP contribution is -1.99. The largest absolute Gasteiger partial charge is 0.396 e. The smallest absolute Gasteiger partial charge is 0.0441 e. The third-order valence-electron chi connectivity index (χ3n) is 2.62. The Morgan fingerprint density at radius 2 is 2.19 bits per heavy atom. The second-order valence-electron chi connectivity index (χ2n) is 3.89. The highest BCUT2D eigenvalue weighted by molar-refractivity contribution is 7.99. The Bertz CT molecular complexity index is 450. The molecule has 0 aliphatic rings. The number of hydrogen-bond donors (Lipinski definition) is 1. The van der Waals surface area contributed by atoms with E-state index in [2.05, 4.69) is 36.6 Å². The number of hydrogen-bond acceptors (Lipinski definition) is 3. The summed E-state index contributed by atoms with van der Waals surface area (Å²) in [5.41, 5.74) is 1.43. The van der Waals surface area contributed by atoms with Crippen LogP contribution in [0.2, 0.25) is 0 Å². The van der Waals surface area contributed by atoms with Crippen molar-refractivity contribution in [1.29, 1.82) is 0 Å². The topological polar surface area (TPSA) is 20.2 Å². The van der Waals surface area contributed by atoms with Gasteiger partial charge in [-0.25, -0.2) is 0 Å². The molecular formula is C13H16OS2. The van der Waals surface area contributed by atoms with Crippen LogP contribution in [0.3, 0.4) is 0 Å². The molecule has 0 saturated carbocycles. The lowest BCUT2D eigenvalue weighted by molar-refractivity contribution is 0.289. The summed E-state index contributed by atoms with van der Waals surface area (Å²) in [6.07, 6.45) is 0.882. The van der Waals surface area contributed by atoms with Crippen molar-refractivity contribution in [3.63, 3.8) is 0 Å². The van der Waals surface area contributed by atoms with Crippen LogP contribution in [-0.2, 0) is 5.75 Å². The van der Waals surface area contributed by atoms with Gasteiger partial charge in [-0.05, 0) is 28.8 Å². The van der Waals surface area contributed by atoms with Gasteiger partial charge in [0.25, 0.3) is 0 Å². The van der Waals surface area contributed by atoms with E-state index in [-0.39, 0.29) is 0 Å². The Kier molecular flexibility index (Phi) is 4.27. The number of thiophene rings is 1. The number of fused-ring (bicyclic) bond motifs is 1. The average Bonchev–Trinajstić information content (AvgIpc) is 2.70. The molecule has 16 heavy (non-hydrogen) atoms. The number of aliphatic hydroxyl groups excluding tert-OH is 1. The van der Waals surface area contributed by atoms with Gasteiger partial charge in [0.05, 0.1) is 0 Å². The van der Waals surface area contributed by atoms with E-state index in [1.165, 1.54) is 15.6 Å². The Morgan fingerprint density at radius 3 is 3.00 bits per heavy atom. The fraction of sp³-hybridized carbons (Fsp3) is 0.385. The molecule has 86 valence electrons. The van der Waals surface area contributed by atoms with Crippen molar-refractivity contribution < 1.29 is 5.11 Å². The summed E-state index contributed by atoms with van der Waals surface area (Å²) in [5.74, 6) is 1.05. The van der Waals surface area contributed by atoms with Gasteiger partial charge in [-0.2, -0.15) is 11.8 Å². The first-order valence-electron chi connectivity index (χ1n) is 5.49. The van der Waals surface area contributed by atoms with Crippen LogP contribution in [0.25, 0.3) is 10.1 Å². The summed E-state index contributed by atoms with van der Waals surface area (Å²) in [6.45, 7) is 2.47. The van der Waals surface area contributed by atoms with Crippen LogP contribution in [0.5, 0.6) is 0 Å². The number of thioether (sulfide) groups is 1. The Balaban J connectivity index is 2.04.